The van der Waals surface area contributed by atoms with E-state index in [1.165, 1.54) is 19.1 Å². The molecule has 2 amide bonds. The van der Waals surface area contributed by atoms with Gasteiger partial charge in [0.25, 0.3) is 0 Å². The van der Waals surface area contributed by atoms with E-state index in [-0.39, 0.29) is 23.2 Å². The third-order valence-corrected chi connectivity index (χ3v) is 3.92. The highest BCUT2D eigenvalue weighted by Crippen LogP contribution is 2.34. The summed E-state index contributed by atoms with van der Waals surface area (Å²) in [6, 6.07) is 3.11. The Morgan fingerprint density at radius 1 is 1.41 bits per heavy atom. The van der Waals surface area contributed by atoms with Crippen molar-refractivity contribution in [2.45, 2.75) is 32.5 Å². The van der Waals surface area contributed by atoms with Crippen molar-refractivity contribution in [2.24, 2.45) is 5.92 Å². The van der Waals surface area contributed by atoms with E-state index in [0.717, 1.165) is 12.5 Å². The molecule has 0 spiro atoms. The third-order valence-electron chi connectivity index (χ3n) is 3.92. The molecule has 0 radical (unpaired) electrons. The number of hydrogen-bond acceptors (Lipinski definition) is 2. The van der Waals surface area contributed by atoms with E-state index in [1.807, 2.05) is 6.92 Å². The van der Waals surface area contributed by atoms with Crippen molar-refractivity contribution >= 4 is 11.7 Å². The molecule has 0 saturated carbocycles. The highest BCUT2D eigenvalue weighted by atomic mass is 19.4. The molecule has 1 saturated heterocycles. The first-order chi connectivity index (χ1) is 10.3. The number of amides is 2. The van der Waals surface area contributed by atoms with Gasteiger partial charge in [-0.2, -0.15) is 13.2 Å². The predicted molar refractivity (Wildman–Crippen MR) is 76.7 cm³/mol. The molecule has 1 aliphatic rings. The Kier molecular flexibility index (Phi) is 4.95. The number of carbonyl (C=O) groups excluding carboxylic acids is 1. The van der Waals surface area contributed by atoms with Gasteiger partial charge in [0, 0.05) is 24.3 Å². The lowest BCUT2D eigenvalue weighted by Crippen LogP contribution is -2.41. The molecule has 0 aromatic heterocycles. The molecular formula is C15H19F3N2O2. The van der Waals surface area contributed by atoms with E-state index in [4.69, 9.17) is 4.74 Å². The van der Waals surface area contributed by atoms with E-state index >= 15 is 0 Å². The first-order valence-electron chi connectivity index (χ1n) is 7.11. The molecule has 2 rings (SSSR count). The molecule has 1 heterocycles. The van der Waals surface area contributed by atoms with Crippen LogP contribution in [0.2, 0.25) is 0 Å². The first-order valence-corrected chi connectivity index (χ1v) is 7.11. The van der Waals surface area contributed by atoms with E-state index in [0.29, 0.717) is 13.2 Å². The molecule has 2 N–H and O–H groups in total. The van der Waals surface area contributed by atoms with Crippen LogP contribution in [0.4, 0.5) is 23.7 Å². The maximum Gasteiger partial charge on any atom is 0.416 e. The van der Waals surface area contributed by atoms with Gasteiger partial charge in [-0.25, -0.2) is 4.79 Å². The lowest BCUT2D eigenvalue weighted by Gasteiger charge is -2.20. The number of alkyl halides is 3. The van der Waals surface area contributed by atoms with Crippen molar-refractivity contribution in [3.8, 4) is 0 Å². The number of urea groups is 1. The Morgan fingerprint density at radius 3 is 2.73 bits per heavy atom. The number of halogens is 3. The van der Waals surface area contributed by atoms with Crippen LogP contribution in [0.1, 0.15) is 24.5 Å². The van der Waals surface area contributed by atoms with Gasteiger partial charge in [-0.15, -0.1) is 0 Å². The quantitative estimate of drug-likeness (QED) is 0.896. The lowest BCUT2D eigenvalue weighted by molar-refractivity contribution is -0.138. The van der Waals surface area contributed by atoms with Crippen molar-refractivity contribution < 1.29 is 22.7 Å². The minimum Gasteiger partial charge on any atom is -0.381 e. The van der Waals surface area contributed by atoms with Gasteiger partial charge in [0.05, 0.1) is 12.2 Å². The monoisotopic (exact) mass is 316 g/mol. The number of benzene rings is 1. The normalized spacial score (nSPS) is 19.8. The summed E-state index contributed by atoms with van der Waals surface area (Å²) in [6.07, 6.45) is -3.57. The molecule has 4 nitrogen and oxygen atoms in total. The highest BCUT2D eigenvalue weighted by Gasteiger charge is 2.33. The zero-order chi connectivity index (χ0) is 16.3. The predicted octanol–water partition coefficient (Wildman–Crippen LogP) is 3.56. The van der Waals surface area contributed by atoms with Crippen LogP contribution in [-0.4, -0.2) is 25.3 Å². The van der Waals surface area contributed by atoms with E-state index in [1.54, 1.807) is 0 Å². The van der Waals surface area contributed by atoms with Crippen LogP contribution in [0.3, 0.4) is 0 Å². The van der Waals surface area contributed by atoms with Crippen molar-refractivity contribution in [2.75, 3.05) is 18.5 Å². The summed E-state index contributed by atoms with van der Waals surface area (Å²) in [5, 5.41) is 5.23. The van der Waals surface area contributed by atoms with Gasteiger partial charge in [0.1, 0.15) is 0 Å². The Hall–Kier alpha value is -1.76. The summed E-state index contributed by atoms with van der Waals surface area (Å²) in [5.41, 5.74) is -0.591. The second-order valence-electron chi connectivity index (χ2n) is 5.49. The van der Waals surface area contributed by atoms with Gasteiger partial charge >= 0.3 is 12.2 Å². The maximum absolute atomic E-state index is 12.8. The molecule has 2 unspecified atom stereocenters. The first kappa shape index (κ1) is 16.6. The molecule has 1 fully saturated rings. The summed E-state index contributed by atoms with van der Waals surface area (Å²) in [5.74, 6) is 0.230. The topological polar surface area (TPSA) is 50.4 Å². The number of hydrogen-bond donors (Lipinski definition) is 2. The van der Waals surface area contributed by atoms with E-state index in [2.05, 4.69) is 10.6 Å². The summed E-state index contributed by atoms with van der Waals surface area (Å²) < 4.78 is 43.8. The number of anilines is 1. The van der Waals surface area contributed by atoms with Gasteiger partial charge in [0.15, 0.2) is 0 Å². The molecule has 122 valence electrons. The van der Waals surface area contributed by atoms with Crippen molar-refractivity contribution in [3.63, 3.8) is 0 Å². The van der Waals surface area contributed by atoms with Crippen LogP contribution in [0.15, 0.2) is 18.2 Å². The largest absolute Gasteiger partial charge is 0.416 e. The molecule has 1 aromatic carbocycles. The number of carbonyl (C=O) groups is 1. The van der Waals surface area contributed by atoms with E-state index in [9.17, 15) is 18.0 Å². The SMILES string of the molecule is Cc1c(NC(=O)NC(C)C2CCOC2)cccc1C(F)(F)F. The fourth-order valence-electron chi connectivity index (χ4n) is 2.51. The Balaban J connectivity index is 2.02. The maximum atomic E-state index is 12.8. The molecule has 2 atom stereocenters. The lowest BCUT2D eigenvalue weighted by atomic mass is 10.0. The summed E-state index contributed by atoms with van der Waals surface area (Å²) in [7, 11) is 0. The highest BCUT2D eigenvalue weighted by molar-refractivity contribution is 5.90. The Labute approximate surface area is 127 Å². The Bertz CT molecular complexity index is 540. The molecule has 0 bridgehead atoms. The van der Waals surface area contributed by atoms with Crippen LogP contribution in [0, 0.1) is 12.8 Å². The van der Waals surface area contributed by atoms with Crippen molar-refractivity contribution in [1.82, 2.24) is 5.32 Å². The number of rotatable bonds is 3. The van der Waals surface area contributed by atoms with Crippen LogP contribution in [0.5, 0.6) is 0 Å². The van der Waals surface area contributed by atoms with Gasteiger partial charge in [-0.1, -0.05) is 6.07 Å². The van der Waals surface area contributed by atoms with Gasteiger partial charge in [-0.05, 0) is 38.0 Å². The van der Waals surface area contributed by atoms with Crippen LogP contribution >= 0.6 is 0 Å². The third kappa shape index (κ3) is 3.91. The summed E-state index contributed by atoms with van der Waals surface area (Å²) in [4.78, 5) is 11.9. The second-order valence-corrected chi connectivity index (χ2v) is 5.49. The number of nitrogens with one attached hydrogen (secondary N) is 2. The summed E-state index contributed by atoms with van der Waals surface area (Å²) in [6.45, 7) is 4.46. The van der Waals surface area contributed by atoms with Gasteiger partial charge in [-0.3, -0.25) is 0 Å². The summed E-state index contributed by atoms with van der Waals surface area (Å²) >= 11 is 0. The van der Waals surface area contributed by atoms with E-state index < -0.39 is 17.8 Å². The van der Waals surface area contributed by atoms with Gasteiger partial charge in [0.2, 0.25) is 0 Å². The molecule has 7 heteroatoms. The Morgan fingerprint density at radius 2 is 2.14 bits per heavy atom. The molecule has 1 aliphatic heterocycles. The van der Waals surface area contributed by atoms with Crippen LogP contribution in [0.25, 0.3) is 0 Å². The minimum atomic E-state index is -4.44. The standard InChI is InChI=1S/C15H19F3N2O2/c1-9-12(15(16,17)18)4-3-5-13(9)20-14(21)19-10(2)11-6-7-22-8-11/h3-5,10-11H,6-8H2,1-2H3,(H2,19,20,21). The van der Waals surface area contributed by atoms with Crippen LogP contribution < -0.4 is 10.6 Å². The molecule has 1 aromatic rings. The zero-order valence-corrected chi connectivity index (χ0v) is 12.5. The average molecular weight is 316 g/mol. The molecular weight excluding hydrogens is 297 g/mol. The second kappa shape index (κ2) is 6.56. The molecule has 22 heavy (non-hydrogen) atoms. The molecule has 0 aliphatic carbocycles. The van der Waals surface area contributed by atoms with Crippen molar-refractivity contribution in [3.05, 3.63) is 29.3 Å². The van der Waals surface area contributed by atoms with Gasteiger partial charge < -0.3 is 15.4 Å². The minimum absolute atomic E-state index is 0.00185. The zero-order valence-electron chi connectivity index (χ0n) is 12.5. The smallest absolute Gasteiger partial charge is 0.381 e. The number of ether oxygens (including phenoxy) is 1. The average Bonchev–Trinajstić information content (AvgIpc) is 2.93. The fourth-order valence-corrected chi connectivity index (χ4v) is 2.51. The fraction of sp³-hybridized carbons (Fsp3) is 0.533. The van der Waals surface area contributed by atoms with Crippen LogP contribution in [-0.2, 0) is 10.9 Å². The van der Waals surface area contributed by atoms with Crippen molar-refractivity contribution in [1.29, 1.82) is 0 Å².